The predicted octanol–water partition coefficient (Wildman–Crippen LogP) is 3.58. The van der Waals surface area contributed by atoms with Gasteiger partial charge in [-0.2, -0.15) is 0 Å². The van der Waals surface area contributed by atoms with Gasteiger partial charge in [-0.1, -0.05) is 17.3 Å². The maximum Gasteiger partial charge on any atom is 0.286 e. The molecule has 7 heteroatoms. The lowest BCUT2D eigenvalue weighted by Crippen LogP contribution is -2.30. The van der Waals surface area contributed by atoms with Crippen molar-refractivity contribution >= 4 is 11.8 Å². The first-order valence-electron chi connectivity index (χ1n) is 9.23. The molecule has 2 aromatic heterocycles. The Labute approximate surface area is 162 Å². The van der Waals surface area contributed by atoms with E-state index >= 15 is 0 Å². The van der Waals surface area contributed by atoms with Crippen molar-refractivity contribution in [2.45, 2.75) is 25.8 Å². The summed E-state index contributed by atoms with van der Waals surface area (Å²) in [6, 6.07) is 12.4. The van der Waals surface area contributed by atoms with E-state index in [9.17, 15) is 9.59 Å². The van der Waals surface area contributed by atoms with Crippen LogP contribution in [0, 0.1) is 6.92 Å². The summed E-state index contributed by atoms with van der Waals surface area (Å²) >= 11 is 0. The van der Waals surface area contributed by atoms with Crippen LogP contribution >= 0.6 is 0 Å². The van der Waals surface area contributed by atoms with Crippen molar-refractivity contribution in [3.8, 4) is 11.3 Å². The third-order valence-corrected chi connectivity index (χ3v) is 4.95. The summed E-state index contributed by atoms with van der Waals surface area (Å²) < 4.78 is 10.8. The average molecular weight is 379 g/mol. The molecule has 0 radical (unpaired) electrons. The summed E-state index contributed by atoms with van der Waals surface area (Å²) in [4.78, 5) is 26.7. The fourth-order valence-electron chi connectivity index (χ4n) is 3.57. The molecule has 0 aliphatic carbocycles. The second kappa shape index (κ2) is 7.34. The number of rotatable bonds is 4. The first-order chi connectivity index (χ1) is 13.6. The van der Waals surface area contributed by atoms with E-state index in [2.05, 4.69) is 10.5 Å². The number of hydrogen-bond acceptors (Lipinski definition) is 5. The SMILES string of the molecule is CNC(=O)c1ccc(-c2cccc(C(=O)N3CCC[C@@H]3c3cc(C)on3)c2)o1. The fourth-order valence-corrected chi connectivity index (χ4v) is 3.57. The molecule has 1 atom stereocenters. The van der Waals surface area contributed by atoms with Gasteiger partial charge in [0.05, 0.1) is 6.04 Å². The fraction of sp³-hybridized carbons (Fsp3) is 0.286. The summed E-state index contributed by atoms with van der Waals surface area (Å²) in [5.74, 6) is 1.17. The molecule has 4 rings (SSSR count). The van der Waals surface area contributed by atoms with Gasteiger partial charge >= 0.3 is 0 Å². The van der Waals surface area contributed by atoms with Crippen LogP contribution in [0.4, 0.5) is 0 Å². The number of benzene rings is 1. The summed E-state index contributed by atoms with van der Waals surface area (Å²) in [7, 11) is 1.55. The van der Waals surface area contributed by atoms with E-state index in [4.69, 9.17) is 8.94 Å². The third kappa shape index (κ3) is 3.31. The number of carbonyl (C=O) groups is 2. The van der Waals surface area contributed by atoms with Gasteiger partial charge in [0, 0.05) is 30.8 Å². The van der Waals surface area contributed by atoms with Crippen LogP contribution < -0.4 is 5.32 Å². The number of amides is 2. The zero-order valence-corrected chi connectivity index (χ0v) is 15.8. The van der Waals surface area contributed by atoms with Crippen molar-refractivity contribution in [1.29, 1.82) is 0 Å². The van der Waals surface area contributed by atoms with Crippen molar-refractivity contribution in [2.75, 3.05) is 13.6 Å². The third-order valence-electron chi connectivity index (χ3n) is 4.95. The first kappa shape index (κ1) is 18.0. The molecule has 0 saturated carbocycles. The first-order valence-corrected chi connectivity index (χ1v) is 9.23. The molecule has 1 N–H and O–H groups in total. The highest BCUT2D eigenvalue weighted by Crippen LogP contribution is 2.33. The van der Waals surface area contributed by atoms with Gasteiger partial charge < -0.3 is 19.2 Å². The Morgan fingerprint density at radius 3 is 2.82 bits per heavy atom. The molecule has 0 unspecified atom stereocenters. The van der Waals surface area contributed by atoms with Crippen LogP contribution in [0.5, 0.6) is 0 Å². The minimum absolute atomic E-state index is 0.0527. The van der Waals surface area contributed by atoms with Crippen LogP contribution in [0.25, 0.3) is 11.3 Å². The van der Waals surface area contributed by atoms with Gasteiger partial charge in [-0.25, -0.2) is 0 Å². The Hall–Kier alpha value is -3.35. The van der Waals surface area contributed by atoms with Crippen molar-refractivity contribution in [3.63, 3.8) is 0 Å². The molecule has 0 bridgehead atoms. The van der Waals surface area contributed by atoms with Gasteiger partial charge in [0.25, 0.3) is 11.8 Å². The predicted molar refractivity (Wildman–Crippen MR) is 102 cm³/mol. The smallest absolute Gasteiger partial charge is 0.286 e. The van der Waals surface area contributed by atoms with Crippen LogP contribution in [-0.4, -0.2) is 35.5 Å². The number of aromatic nitrogens is 1. The Morgan fingerprint density at radius 1 is 1.21 bits per heavy atom. The topological polar surface area (TPSA) is 88.6 Å². The zero-order chi connectivity index (χ0) is 19.7. The van der Waals surface area contributed by atoms with Crippen molar-refractivity contribution in [3.05, 3.63) is 65.2 Å². The van der Waals surface area contributed by atoms with Crippen LogP contribution in [-0.2, 0) is 0 Å². The van der Waals surface area contributed by atoms with Gasteiger partial charge in [-0.05, 0) is 44.0 Å². The number of nitrogens with zero attached hydrogens (tertiary/aromatic N) is 2. The minimum Gasteiger partial charge on any atom is -0.451 e. The minimum atomic E-state index is -0.290. The molecule has 1 aromatic carbocycles. The number of hydrogen-bond donors (Lipinski definition) is 1. The number of nitrogens with one attached hydrogen (secondary N) is 1. The van der Waals surface area contributed by atoms with E-state index in [1.165, 1.54) is 0 Å². The van der Waals surface area contributed by atoms with Gasteiger partial charge in [-0.3, -0.25) is 9.59 Å². The van der Waals surface area contributed by atoms with Gasteiger partial charge in [0.15, 0.2) is 5.76 Å². The molecular weight excluding hydrogens is 358 g/mol. The summed E-state index contributed by atoms with van der Waals surface area (Å²) in [6.45, 7) is 2.53. The largest absolute Gasteiger partial charge is 0.451 e. The van der Waals surface area contributed by atoms with Crippen LogP contribution in [0.1, 0.15) is 51.3 Å². The Bertz CT molecular complexity index is 1020. The van der Waals surface area contributed by atoms with Crippen molar-refractivity contribution in [2.24, 2.45) is 0 Å². The normalized spacial score (nSPS) is 16.4. The molecule has 144 valence electrons. The summed E-state index contributed by atoms with van der Waals surface area (Å²) in [6.07, 6.45) is 1.79. The molecule has 7 nitrogen and oxygen atoms in total. The van der Waals surface area contributed by atoms with Crippen molar-refractivity contribution in [1.82, 2.24) is 15.4 Å². The highest BCUT2D eigenvalue weighted by molar-refractivity contribution is 5.96. The Balaban J connectivity index is 1.59. The van der Waals surface area contributed by atoms with E-state index in [0.29, 0.717) is 17.9 Å². The van der Waals surface area contributed by atoms with Gasteiger partial charge in [0.1, 0.15) is 17.2 Å². The van der Waals surface area contributed by atoms with E-state index in [-0.39, 0.29) is 23.6 Å². The molecular formula is C21H21N3O4. The molecule has 28 heavy (non-hydrogen) atoms. The monoisotopic (exact) mass is 379 g/mol. The molecule has 2 amide bonds. The van der Waals surface area contributed by atoms with Crippen LogP contribution in [0.15, 0.2) is 51.4 Å². The zero-order valence-electron chi connectivity index (χ0n) is 15.8. The van der Waals surface area contributed by atoms with E-state index in [1.54, 1.807) is 31.3 Å². The highest BCUT2D eigenvalue weighted by Gasteiger charge is 2.32. The lowest BCUT2D eigenvalue weighted by atomic mass is 10.1. The summed E-state index contributed by atoms with van der Waals surface area (Å²) in [5, 5.41) is 6.62. The number of aryl methyl sites for hydroxylation is 1. The number of carbonyl (C=O) groups excluding carboxylic acids is 2. The van der Waals surface area contributed by atoms with Gasteiger partial charge in [0.2, 0.25) is 0 Å². The standard InChI is InChI=1S/C21H21N3O4/c1-13-11-16(23-28-13)17-7-4-10-24(17)21(26)15-6-3-5-14(12-15)18-8-9-19(27-18)20(25)22-2/h3,5-6,8-9,11-12,17H,4,7,10H2,1-2H3,(H,22,25)/t17-/m1/s1. The highest BCUT2D eigenvalue weighted by atomic mass is 16.5. The molecule has 1 fully saturated rings. The lowest BCUT2D eigenvalue weighted by Gasteiger charge is -2.23. The number of likely N-dealkylation sites (tertiary alicyclic amines) is 1. The second-order valence-corrected chi connectivity index (χ2v) is 6.84. The lowest BCUT2D eigenvalue weighted by molar-refractivity contribution is 0.0730. The molecule has 1 saturated heterocycles. The van der Waals surface area contributed by atoms with E-state index in [0.717, 1.165) is 29.9 Å². The van der Waals surface area contributed by atoms with Gasteiger partial charge in [-0.15, -0.1) is 0 Å². The quantitative estimate of drug-likeness (QED) is 0.748. The molecule has 1 aliphatic rings. The average Bonchev–Trinajstić information content (AvgIpc) is 3.46. The molecule has 3 heterocycles. The molecule has 3 aromatic rings. The van der Waals surface area contributed by atoms with E-state index in [1.807, 2.05) is 30.0 Å². The molecule has 1 aliphatic heterocycles. The Morgan fingerprint density at radius 2 is 2.07 bits per heavy atom. The summed E-state index contributed by atoms with van der Waals surface area (Å²) in [5.41, 5.74) is 2.11. The maximum absolute atomic E-state index is 13.2. The molecule has 0 spiro atoms. The van der Waals surface area contributed by atoms with Crippen LogP contribution in [0.2, 0.25) is 0 Å². The maximum atomic E-state index is 13.2. The Kier molecular flexibility index (Phi) is 4.73. The van der Waals surface area contributed by atoms with Crippen LogP contribution in [0.3, 0.4) is 0 Å². The number of furan rings is 1. The van der Waals surface area contributed by atoms with E-state index < -0.39 is 0 Å². The second-order valence-electron chi connectivity index (χ2n) is 6.84. The van der Waals surface area contributed by atoms with Crippen molar-refractivity contribution < 1.29 is 18.5 Å².